The maximum absolute atomic E-state index is 11.4. The first-order valence-corrected chi connectivity index (χ1v) is 6.05. The summed E-state index contributed by atoms with van der Waals surface area (Å²) in [7, 11) is 0. The average Bonchev–Trinajstić information content (AvgIpc) is 2.28. The molecule has 3 nitrogen and oxygen atoms in total. The standard InChI is InChI=1S/C13H18N2O/c16-13-5-3-1-2-4-12-10-11(6-8-14-12)7-9-15-13/h6,8,10H,1-5,7,9H2,(H,15,16). The average molecular weight is 218 g/mol. The van der Waals surface area contributed by atoms with Gasteiger partial charge in [-0.2, -0.15) is 0 Å². The number of pyridine rings is 1. The Labute approximate surface area is 96.3 Å². The molecular formula is C13H18N2O. The van der Waals surface area contributed by atoms with E-state index in [0.29, 0.717) is 6.42 Å². The van der Waals surface area contributed by atoms with Crippen LogP contribution in [0.1, 0.15) is 36.9 Å². The van der Waals surface area contributed by atoms with Crippen LogP contribution in [-0.2, 0) is 17.6 Å². The quantitative estimate of drug-likeness (QED) is 0.722. The van der Waals surface area contributed by atoms with Crippen LogP contribution >= 0.6 is 0 Å². The molecule has 2 bridgehead atoms. The van der Waals surface area contributed by atoms with E-state index in [1.165, 1.54) is 11.3 Å². The van der Waals surface area contributed by atoms with Crippen LogP contribution in [0.25, 0.3) is 0 Å². The van der Waals surface area contributed by atoms with Gasteiger partial charge in [-0.1, -0.05) is 6.42 Å². The van der Waals surface area contributed by atoms with Gasteiger partial charge < -0.3 is 5.32 Å². The Balaban J connectivity index is 2.04. The molecular weight excluding hydrogens is 200 g/mol. The highest BCUT2D eigenvalue weighted by molar-refractivity contribution is 5.75. The minimum Gasteiger partial charge on any atom is -0.356 e. The predicted molar refractivity (Wildman–Crippen MR) is 63.1 cm³/mol. The van der Waals surface area contributed by atoms with E-state index >= 15 is 0 Å². The molecule has 0 aromatic carbocycles. The minimum atomic E-state index is 0.190. The highest BCUT2D eigenvalue weighted by Gasteiger charge is 2.04. The van der Waals surface area contributed by atoms with Crippen molar-refractivity contribution in [3.05, 3.63) is 29.6 Å². The van der Waals surface area contributed by atoms with E-state index in [1.807, 2.05) is 12.3 Å². The molecule has 1 aromatic rings. The topological polar surface area (TPSA) is 42.0 Å². The van der Waals surface area contributed by atoms with Crippen molar-refractivity contribution in [2.45, 2.75) is 38.5 Å². The molecule has 2 rings (SSSR count). The molecule has 1 N–H and O–H groups in total. The summed E-state index contributed by atoms with van der Waals surface area (Å²) in [5.41, 5.74) is 2.45. The van der Waals surface area contributed by atoms with Crippen LogP contribution in [-0.4, -0.2) is 17.4 Å². The second-order valence-electron chi connectivity index (χ2n) is 4.32. The van der Waals surface area contributed by atoms with E-state index in [9.17, 15) is 4.79 Å². The van der Waals surface area contributed by atoms with Crippen LogP contribution in [0.2, 0.25) is 0 Å². The van der Waals surface area contributed by atoms with Crippen LogP contribution in [0.3, 0.4) is 0 Å². The molecule has 16 heavy (non-hydrogen) atoms. The maximum Gasteiger partial charge on any atom is 0.220 e. The number of carbonyl (C=O) groups is 1. The molecule has 0 saturated heterocycles. The lowest BCUT2D eigenvalue weighted by atomic mass is 10.1. The molecule has 0 radical (unpaired) electrons. The number of fused-ring (bicyclic) bond motifs is 2. The zero-order valence-corrected chi connectivity index (χ0v) is 9.54. The van der Waals surface area contributed by atoms with Gasteiger partial charge in [0.1, 0.15) is 0 Å². The van der Waals surface area contributed by atoms with Crippen molar-refractivity contribution in [1.82, 2.24) is 10.3 Å². The highest BCUT2D eigenvalue weighted by Crippen LogP contribution is 2.09. The third-order valence-electron chi connectivity index (χ3n) is 2.95. The Kier molecular flexibility index (Phi) is 3.91. The van der Waals surface area contributed by atoms with E-state index in [2.05, 4.69) is 16.4 Å². The van der Waals surface area contributed by atoms with Crippen molar-refractivity contribution >= 4 is 5.91 Å². The fraction of sp³-hybridized carbons (Fsp3) is 0.538. The summed E-state index contributed by atoms with van der Waals surface area (Å²) in [4.78, 5) is 15.8. The highest BCUT2D eigenvalue weighted by atomic mass is 16.1. The monoisotopic (exact) mass is 218 g/mol. The van der Waals surface area contributed by atoms with Gasteiger partial charge in [0.25, 0.3) is 0 Å². The number of amides is 1. The summed E-state index contributed by atoms with van der Waals surface area (Å²) in [6.45, 7) is 0.738. The number of carbonyl (C=O) groups excluding carboxylic acids is 1. The van der Waals surface area contributed by atoms with Crippen LogP contribution in [0.15, 0.2) is 18.3 Å². The van der Waals surface area contributed by atoms with Gasteiger partial charge in [0.05, 0.1) is 0 Å². The molecule has 1 aromatic heterocycles. The van der Waals surface area contributed by atoms with Crippen molar-refractivity contribution < 1.29 is 4.79 Å². The van der Waals surface area contributed by atoms with Crippen LogP contribution < -0.4 is 5.32 Å². The minimum absolute atomic E-state index is 0.190. The SMILES string of the molecule is O=C1CCCCCc2cc(ccn2)CCN1. The van der Waals surface area contributed by atoms with Crippen molar-refractivity contribution in [3.8, 4) is 0 Å². The number of nitrogens with zero attached hydrogens (tertiary/aromatic N) is 1. The molecule has 0 atom stereocenters. The van der Waals surface area contributed by atoms with E-state index in [0.717, 1.165) is 38.6 Å². The van der Waals surface area contributed by atoms with Gasteiger partial charge in [0.2, 0.25) is 5.91 Å². The molecule has 1 aliphatic heterocycles. The summed E-state index contributed by atoms with van der Waals surface area (Å²) >= 11 is 0. The number of hydrogen-bond donors (Lipinski definition) is 1. The smallest absolute Gasteiger partial charge is 0.220 e. The van der Waals surface area contributed by atoms with Gasteiger partial charge in [0.15, 0.2) is 0 Å². The van der Waals surface area contributed by atoms with Gasteiger partial charge in [-0.3, -0.25) is 9.78 Å². The number of aryl methyl sites for hydroxylation is 1. The number of aromatic nitrogens is 1. The summed E-state index contributed by atoms with van der Waals surface area (Å²) in [5, 5.41) is 2.95. The first kappa shape index (κ1) is 11.1. The molecule has 0 aliphatic carbocycles. The Hall–Kier alpha value is -1.38. The lowest BCUT2D eigenvalue weighted by Gasteiger charge is -2.09. The van der Waals surface area contributed by atoms with E-state index in [4.69, 9.17) is 0 Å². The zero-order valence-electron chi connectivity index (χ0n) is 9.54. The van der Waals surface area contributed by atoms with Gasteiger partial charge in [0, 0.05) is 24.9 Å². The van der Waals surface area contributed by atoms with Gasteiger partial charge in [-0.15, -0.1) is 0 Å². The summed E-state index contributed by atoms with van der Waals surface area (Å²) < 4.78 is 0. The van der Waals surface area contributed by atoms with Crippen molar-refractivity contribution in [3.63, 3.8) is 0 Å². The number of hydrogen-bond acceptors (Lipinski definition) is 2. The van der Waals surface area contributed by atoms with E-state index < -0.39 is 0 Å². The first-order valence-electron chi connectivity index (χ1n) is 6.05. The molecule has 0 fully saturated rings. The Bertz CT molecular complexity index is 363. The van der Waals surface area contributed by atoms with E-state index in [-0.39, 0.29) is 5.91 Å². The second-order valence-corrected chi connectivity index (χ2v) is 4.32. The van der Waals surface area contributed by atoms with Gasteiger partial charge in [-0.25, -0.2) is 0 Å². The Morgan fingerprint density at radius 1 is 1.12 bits per heavy atom. The van der Waals surface area contributed by atoms with E-state index in [1.54, 1.807) is 0 Å². The molecule has 1 aliphatic rings. The normalized spacial score (nSPS) is 18.1. The molecule has 86 valence electrons. The van der Waals surface area contributed by atoms with Gasteiger partial charge >= 0.3 is 0 Å². The number of rotatable bonds is 0. The Morgan fingerprint density at radius 3 is 2.94 bits per heavy atom. The maximum atomic E-state index is 11.4. The fourth-order valence-electron chi connectivity index (χ4n) is 2.02. The van der Waals surface area contributed by atoms with Gasteiger partial charge in [-0.05, 0) is 43.4 Å². The van der Waals surface area contributed by atoms with Crippen molar-refractivity contribution in [2.75, 3.05) is 6.54 Å². The molecule has 2 heterocycles. The molecule has 0 saturated carbocycles. The first-order chi connectivity index (χ1) is 7.84. The third-order valence-corrected chi connectivity index (χ3v) is 2.95. The molecule has 1 amide bonds. The molecule has 0 spiro atoms. The molecule has 0 unspecified atom stereocenters. The fourth-order valence-corrected chi connectivity index (χ4v) is 2.02. The lowest BCUT2D eigenvalue weighted by molar-refractivity contribution is -0.121. The van der Waals surface area contributed by atoms with Crippen molar-refractivity contribution in [1.29, 1.82) is 0 Å². The predicted octanol–water partition coefficient (Wildman–Crippen LogP) is 1.86. The molecule has 3 heteroatoms. The number of nitrogens with one attached hydrogen (secondary N) is 1. The zero-order chi connectivity index (χ0) is 11.2. The van der Waals surface area contributed by atoms with Crippen molar-refractivity contribution in [2.24, 2.45) is 0 Å². The summed E-state index contributed by atoms with van der Waals surface area (Å²) in [6.07, 6.45) is 7.71. The summed E-state index contributed by atoms with van der Waals surface area (Å²) in [6, 6.07) is 4.19. The summed E-state index contributed by atoms with van der Waals surface area (Å²) in [5.74, 6) is 0.190. The van der Waals surface area contributed by atoms with Crippen LogP contribution in [0.4, 0.5) is 0 Å². The lowest BCUT2D eigenvalue weighted by Crippen LogP contribution is -2.25. The third kappa shape index (κ3) is 3.33. The Morgan fingerprint density at radius 2 is 2.00 bits per heavy atom. The largest absolute Gasteiger partial charge is 0.356 e. The second kappa shape index (κ2) is 5.64. The van der Waals surface area contributed by atoms with Crippen LogP contribution in [0.5, 0.6) is 0 Å². The van der Waals surface area contributed by atoms with Crippen LogP contribution in [0, 0.1) is 0 Å².